The molecule has 3 aromatic carbocycles. The van der Waals surface area contributed by atoms with Crippen LogP contribution in [-0.4, -0.2) is 19.7 Å². The standard InChI is InChI=1S/C30H20F2N4/c31-24-16-17-27(33-19-24)28-26-18-25(32)20-34-29(26)36(35-28)30(21-10-4-1-5-11-21,22-12-6-2-7-13-22)23-14-8-3-9-15-23/h1-20H. The lowest BCUT2D eigenvalue weighted by atomic mass is 9.77. The summed E-state index contributed by atoms with van der Waals surface area (Å²) in [4.78, 5) is 8.75. The van der Waals surface area contributed by atoms with E-state index in [9.17, 15) is 8.78 Å². The van der Waals surface area contributed by atoms with Gasteiger partial charge in [0.15, 0.2) is 5.65 Å². The molecule has 0 bridgehead atoms. The molecule has 0 amide bonds. The number of nitrogens with zero attached hydrogens (tertiary/aromatic N) is 4. The summed E-state index contributed by atoms with van der Waals surface area (Å²) in [5.41, 5.74) is 3.25. The second-order valence-electron chi connectivity index (χ2n) is 8.46. The molecule has 3 heterocycles. The molecule has 0 spiro atoms. The SMILES string of the molecule is Fc1ccc(-c2nn(C(c3ccccc3)(c3ccccc3)c3ccccc3)c3ncc(F)cc23)nc1. The number of fused-ring (bicyclic) bond motifs is 1. The molecular weight excluding hydrogens is 454 g/mol. The van der Waals surface area contributed by atoms with Gasteiger partial charge in [-0.15, -0.1) is 0 Å². The summed E-state index contributed by atoms with van der Waals surface area (Å²) < 4.78 is 30.0. The Morgan fingerprint density at radius 3 is 1.61 bits per heavy atom. The Balaban J connectivity index is 1.79. The third kappa shape index (κ3) is 3.46. The van der Waals surface area contributed by atoms with Crippen LogP contribution in [0.25, 0.3) is 22.4 Å². The molecule has 0 atom stereocenters. The van der Waals surface area contributed by atoms with Gasteiger partial charge in [0.25, 0.3) is 0 Å². The van der Waals surface area contributed by atoms with E-state index < -0.39 is 17.2 Å². The summed E-state index contributed by atoms with van der Waals surface area (Å²) in [5.74, 6) is -0.950. The van der Waals surface area contributed by atoms with E-state index in [1.165, 1.54) is 18.3 Å². The Bertz CT molecular complexity index is 1540. The zero-order valence-corrected chi connectivity index (χ0v) is 19.1. The van der Waals surface area contributed by atoms with E-state index in [1.807, 2.05) is 95.7 Å². The highest BCUT2D eigenvalue weighted by Crippen LogP contribution is 2.43. The van der Waals surface area contributed by atoms with Crippen LogP contribution in [0.4, 0.5) is 8.78 Å². The molecule has 36 heavy (non-hydrogen) atoms. The molecule has 0 radical (unpaired) electrons. The van der Waals surface area contributed by atoms with Crippen molar-refractivity contribution in [3.8, 4) is 11.4 Å². The van der Waals surface area contributed by atoms with Gasteiger partial charge in [0.2, 0.25) is 0 Å². The molecule has 0 N–H and O–H groups in total. The van der Waals surface area contributed by atoms with Crippen LogP contribution in [0.2, 0.25) is 0 Å². The lowest BCUT2D eigenvalue weighted by Crippen LogP contribution is -2.38. The van der Waals surface area contributed by atoms with Crippen molar-refractivity contribution >= 4 is 11.0 Å². The fourth-order valence-corrected chi connectivity index (χ4v) is 4.82. The maximum atomic E-state index is 14.5. The molecule has 0 fully saturated rings. The predicted octanol–water partition coefficient (Wildman–Crippen LogP) is 6.61. The first-order valence-electron chi connectivity index (χ1n) is 11.5. The van der Waals surface area contributed by atoms with Crippen molar-refractivity contribution in [2.24, 2.45) is 0 Å². The zero-order valence-electron chi connectivity index (χ0n) is 19.1. The number of hydrogen-bond acceptors (Lipinski definition) is 3. The maximum Gasteiger partial charge on any atom is 0.160 e. The molecule has 174 valence electrons. The number of aromatic nitrogens is 4. The summed E-state index contributed by atoms with van der Waals surface area (Å²) in [6, 6.07) is 34.3. The minimum atomic E-state index is -0.939. The largest absolute Gasteiger partial charge is 0.251 e. The Morgan fingerprint density at radius 1 is 0.583 bits per heavy atom. The second-order valence-corrected chi connectivity index (χ2v) is 8.46. The molecule has 0 aliphatic carbocycles. The van der Waals surface area contributed by atoms with Gasteiger partial charge in [0, 0.05) is 0 Å². The predicted molar refractivity (Wildman–Crippen MR) is 135 cm³/mol. The van der Waals surface area contributed by atoms with Crippen LogP contribution in [0.1, 0.15) is 16.7 Å². The van der Waals surface area contributed by atoms with Crippen molar-refractivity contribution in [3.63, 3.8) is 0 Å². The minimum Gasteiger partial charge on any atom is -0.251 e. The molecule has 0 unspecified atom stereocenters. The van der Waals surface area contributed by atoms with E-state index in [0.29, 0.717) is 22.4 Å². The number of pyridine rings is 2. The molecule has 6 heteroatoms. The summed E-state index contributed by atoms with van der Waals surface area (Å²) in [5, 5.41) is 5.52. The fraction of sp³-hybridized carbons (Fsp3) is 0.0333. The fourth-order valence-electron chi connectivity index (χ4n) is 4.82. The van der Waals surface area contributed by atoms with E-state index in [-0.39, 0.29) is 0 Å². The van der Waals surface area contributed by atoms with Crippen LogP contribution in [0, 0.1) is 11.6 Å². The van der Waals surface area contributed by atoms with Crippen LogP contribution < -0.4 is 0 Å². The van der Waals surface area contributed by atoms with Crippen LogP contribution in [0.15, 0.2) is 122 Å². The number of halogens is 2. The van der Waals surface area contributed by atoms with Crippen molar-refractivity contribution in [1.82, 2.24) is 19.7 Å². The summed E-state index contributed by atoms with van der Waals surface area (Å²) in [7, 11) is 0. The van der Waals surface area contributed by atoms with Crippen LogP contribution in [-0.2, 0) is 5.54 Å². The molecule has 6 rings (SSSR count). The minimum absolute atomic E-state index is 0.421. The van der Waals surface area contributed by atoms with Crippen LogP contribution in [0.3, 0.4) is 0 Å². The summed E-state index contributed by atoms with van der Waals surface area (Å²) >= 11 is 0. The molecule has 3 aromatic heterocycles. The van der Waals surface area contributed by atoms with Crippen molar-refractivity contribution in [1.29, 1.82) is 0 Å². The van der Waals surface area contributed by atoms with E-state index in [4.69, 9.17) is 5.10 Å². The lowest BCUT2D eigenvalue weighted by molar-refractivity contribution is 0.473. The van der Waals surface area contributed by atoms with Gasteiger partial charge < -0.3 is 0 Å². The topological polar surface area (TPSA) is 43.6 Å². The third-order valence-electron chi connectivity index (χ3n) is 6.35. The van der Waals surface area contributed by atoms with Gasteiger partial charge >= 0.3 is 0 Å². The first-order chi connectivity index (χ1) is 17.7. The van der Waals surface area contributed by atoms with Gasteiger partial charge in [0.05, 0.1) is 23.5 Å². The molecule has 0 aliphatic heterocycles. The van der Waals surface area contributed by atoms with Crippen molar-refractivity contribution in [2.75, 3.05) is 0 Å². The van der Waals surface area contributed by atoms with Crippen molar-refractivity contribution in [3.05, 3.63) is 150 Å². The smallest absolute Gasteiger partial charge is 0.160 e. The van der Waals surface area contributed by atoms with E-state index in [2.05, 4.69) is 9.97 Å². The highest BCUT2D eigenvalue weighted by molar-refractivity contribution is 5.90. The van der Waals surface area contributed by atoms with Crippen LogP contribution in [0.5, 0.6) is 0 Å². The average Bonchev–Trinajstić information content (AvgIpc) is 3.30. The highest BCUT2D eigenvalue weighted by atomic mass is 19.1. The zero-order chi connectivity index (χ0) is 24.5. The highest BCUT2D eigenvalue weighted by Gasteiger charge is 2.41. The molecular formula is C30H20F2N4. The first kappa shape index (κ1) is 21.8. The molecule has 0 saturated carbocycles. The van der Waals surface area contributed by atoms with Gasteiger partial charge in [-0.25, -0.2) is 18.4 Å². The van der Waals surface area contributed by atoms with Crippen molar-refractivity contribution in [2.45, 2.75) is 5.54 Å². The Morgan fingerprint density at radius 2 is 1.11 bits per heavy atom. The quantitative estimate of drug-likeness (QED) is 0.264. The Kier molecular flexibility index (Phi) is 5.34. The summed E-state index contributed by atoms with van der Waals surface area (Å²) in [6.45, 7) is 0. The van der Waals surface area contributed by atoms with E-state index >= 15 is 0 Å². The summed E-state index contributed by atoms with van der Waals surface area (Å²) in [6.07, 6.45) is 2.32. The molecule has 0 saturated heterocycles. The van der Waals surface area contributed by atoms with Gasteiger partial charge in [-0.3, -0.25) is 4.98 Å². The van der Waals surface area contributed by atoms with E-state index in [1.54, 1.807) is 6.07 Å². The van der Waals surface area contributed by atoms with Gasteiger partial charge in [0.1, 0.15) is 22.9 Å². The van der Waals surface area contributed by atoms with Gasteiger partial charge in [-0.2, -0.15) is 5.10 Å². The lowest BCUT2D eigenvalue weighted by Gasteiger charge is -2.36. The number of hydrogen-bond donors (Lipinski definition) is 0. The first-order valence-corrected chi connectivity index (χ1v) is 11.5. The van der Waals surface area contributed by atoms with Gasteiger partial charge in [-0.05, 0) is 34.9 Å². The average molecular weight is 475 g/mol. The molecule has 0 aliphatic rings. The molecule has 6 aromatic rings. The second kappa shape index (κ2) is 8.82. The van der Waals surface area contributed by atoms with Crippen molar-refractivity contribution < 1.29 is 8.78 Å². The third-order valence-corrected chi connectivity index (χ3v) is 6.35. The normalized spacial score (nSPS) is 11.6. The Labute approximate surface area is 206 Å². The number of benzene rings is 3. The maximum absolute atomic E-state index is 14.5. The van der Waals surface area contributed by atoms with Gasteiger partial charge in [-0.1, -0.05) is 91.0 Å². The monoisotopic (exact) mass is 474 g/mol. The van der Waals surface area contributed by atoms with Crippen LogP contribution >= 0.6 is 0 Å². The van der Waals surface area contributed by atoms with E-state index in [0.717, 1.165) is 22.9 Å². The number of rotatable bonds is 5. The Hall–Kier alpha value is -4.71. The molecule has 4 nitrogen and oxygen atoms in total.